The normalized spacial score (nSPS) is 19.3. The predicted octanol–water partition coefficient (Wildman–Crippen LogP) is 7.55. The molecule has 0 aromatic heterocycles. The summed E-state index contributed by atoms with van der Waals surface area (Å²) in [5, 5.41) is 9.65. The molecule has 1 aliphatic heterocycles. The first-order valence-corrected chi connectivity index (χ1v) is 15.9. The van der Waals surface area contributed by atoms with Gasteiger partial charge in [0.15, 0.2) is 23.1 Å². The van der Waals surface area contributed by atoms with Crippen LogP contribution in [0.3, 0.4) is 0 Å². The fourth-order valence-electron chi connectivity index (χ4n) is 7.17. The fourth-order valence-corrected chi connectivity index (χ4v) is 7.17. The number of aliphatic carboxylic acids is 1. The maximum Gasteiger partial charge on any atom is 0.305 e. The lowest BCUT2D eigenvalue weighted by Crippen LogP contribution is -2.45. The van der Waals surface area contributed by atoms with Crippen LogP contribution in [0.15, 0.2) is 77.7 Å². The third-order valence-electron chi connectivity index (χ3n) is 8.95. The highest BCUT2D eigenvalue weighted by Gasteiger charge is 2.49. The summed E-state index contributed by atoms with van der Waals surface area (Å²) >= 11 is 0. The van der Waals surface area contributed by atoms with Gasteiger partial charge in [-0.2, -0.15) is 0 Å². The first-order chi connectivity index (χ1) is 21.3. The third-order valence-corrected chi connectivity index (χ3v) is 8.95. The molecule has 238 valence electrons. The Morgan fingerprint density at radius 2 is 1.56 bits per heavy atom. The predicted molar refractivity (Wildman–Crippen MR) is 174 cm³/mol. The number of carbonyl (C=O) groups is 3. The monoisotopic (exact) mass is 611 g/mol. The Hall–Kier alpha value is -4.13. The number of Topliss-reactive ketones (excluding diaryl/α,β-unsaturated/α-hetero) is 2. The summed E-state index contributed by atoms with van der Waals surface area (Å²) in [4.78, 5) is 42.1. The fraction of sp³-hybridized carbons (Fsp3) is 0.447. The van der Waals surface area contributed by atoms with E-state index in [0.29, 0.717) is 68.0 Å². The van der Waals surface area contributed by atoms with E-state index in [9.17, 15) is 19.5 Å². The topological polar surface area (TPSA) is 93.1 Å². The molecule has 5 rings (SSSR count). The number of benzene rings is 2. The van der Waals surface area contributed by atoms with E-state index in [-0.39, 0.29) is 35.4 Å². The minimum atomic E-state index is -0.911. The molecule has 0 saturated carbocycles. The van der Waals surface area contributed by atoms with Gasteiger partial charge in [-0.05, 0) is 54.2 Å². The molecule has 7 nitrogen and oxygen atoms in total. The van der Waals surface area contributed by atoms with Crippen molar-refractivity contribution in [2.75, 3.05) is 13.2 Å². The Morgan fingerprint density at radius 3 is 2.09 bits per heavy atom. The zero-order chi connectivity index (χ0) is 32.5. The summed E-state index contributed by atoms with van der Waals surface area (Å²) in [5.41, 5.74) is 5.01. The maximum atomic E-state index is 14.2. The van der Waals surface area contributed by atoms with E-state index in [0.717, 1.165) is 28.1 Å². The van der Waals surface area contributed by atoms with Gasteiger partial charge >= 0.3 is 5.97 Å². The van der Waals surface area contributed by atoms with E-state index in [2.05, 4.69) is 34.3 Å². The Kier molecular flexibility index (Phi) is 9.11. The second-order valence-corrected chi connectivity index (χ2v) is 14.0. The van der Waals surface area contributed by atoms with Crippen LogP contribution in [0.2, 0.25) is 0 Å². The SMILES string of the molecule is C=CCc1cc(C2C3=C(CC(C)(C)CC3=O)N(CCC(=O)O)C3=C2C(=O)CC(C)(C)C3)cc(OCC)c1OCc1ccccc1. The van der Waals surface area contributed by atoms with Gasteiger partial charge in [-0.3, -0.25) is 14.4 Å². The van der Waals surface area contributed by atoms with Gasteiger partial charge in [0.05, 0.1) is 13.0 Å². The number of nitrogens with zero attached hydrogens (tertiary/aromatic N) is 1. The van der Waals surface area contributed by atoms with E-state index in [4.69, 9.17) is 9.47 Å². The molecule has 0 spiro atoms. The van der Waals surface area contributed by atoms with Crippen LogP contribution >= 0.6 is 0 Å². The van der Waals surface area contributed by atoms with Crippen molar-refractivity contribution in [1.82, 2.24) is 4.90 Å². The van der Waals surface area contributed by atoms with Gasteiger partial charge in [0, 0.05) is 53.4 Å². The number of ether oxygens (including phenoxy) is 2. The highest BCUT2D eigenvalue weighted by atomic mass is 16.5. The second-order valence-electron chi connectivity index (χ2n) is 14.0. The van der Waals surface area contributed by atoms with Crippen LogP contribution in [-0.4, -0.2) is 40.7 Å². The number of allylic oxidation sites excluding steroid dienone is 5. The molecule has 0 fully saturated rings. The van der Waals surface area contributed by atoms with E-state index in [1.165, 1.54) is 0 Å². The zero-order valence-corrected chi connectivity index (χ0v) is 27.2. The van der Waals surface area contributed by atoms with Crippen molar-refractivity contribution < 1.29 is 29.0 Å². The molecule has 45 heavy (non-hydrogen) atoms. The number of hydrogen-bond acceptors (Lipinski definition) is 6. The second kappa shape index (κ2) is 12.7. The number of carboxylic acids is 1. The molecule has 0 radical (unpaired) electrons. The van der Waals surface area contributed by atoms with Gasteiger partial charge in [0.1, 0.15) is 6.61 Å². The molecule has 7 heteroatoms. The lowest BCUT2D eigenvalue weighted by molar-refractivity contribution is -0.137. The molecule has 0 amide bonds. The van der Waals surface area contributed by atoms with Crippen LogP contribution in [-0.2, 0) is 27.4 Å². The molecule has 0 bridgehead atoms. The van der Waals surface area contributed by atoms with Gasteiger partial charge in [-0.1, -0.05) is 70.2 Å². The summed E-state index contributed by atoms with van der Waals surface area (Å²) in [6.45, 7) is 15.2. The molecular weight excluding hydrogens is 566 g/mol. The van der Waals surface area contributed by atoms with Gasteiger partial charge in [0.25, 0.3) is 0 Å². The summed E-state index contributed by atoms with van der Waals surface area (Å²) in [6.07, 6.45) is 4.18. The largest absolute Gasteiger partial charge is 0.490 e. The first kappa shape index (κ1) is 32.3. The number of rotatable bonds is 11. The smallest absolute Gasteiger partial charge is 0.305 e. The standard InChI is InChI=1S/C38H45NO6/c1-7-12-25-17-26(18-31(44-8-2)36(25)45-23-24-13-10-9-11-14-24)33-34-27(19-37(3,4)21-29(34)40)39(16-15-32(42)43)28-20-38(5,6)22-30(41)35(28)33/h7,9-11,13-14,17-18,33H,1,8,12,15-16,19-23H2,2-6H3,(H,42,43). The highest BCUT2D eigenvalue weighted by Crippen LogP contribution is 2.55. The number of carbonyl (C=O) groups excluding carboxylic acids is 2. The van der Waals surface area contributed by atoms with E-state index in [1.807, 2.05) is 60.4 Å². The van der Waals surface area contributed by atoms with Crippen LogP contribution in [0.4, 0.5) is 0 Å². The van der Waals surface area contributed by atoms with Crippen LogP contribution in [0.25, 0.3) is 0 Å². The van der Waals surface area contributed by atoms with E-state index in [1.54, 1.807) is 0 Å². The van der Waals surface area contributed by atoms with Crippen LogP contribution in [0.5, 0.6) is 11.5 Å². The Labute approximate surface area is 266 Å². The lowest BCUT2D eigenvalue weighted by Gasteiger charge is -2.49. The average Bonchev–Trinajstić information content (AvgIpc) is 2.94. The molecule has 0 saturated heterocycles. The molecule has 2 aromatic carbocycles. The van der Waals surface area contributed by atoms with Crippen molar-refractivity contribution in [3.05, 3.63) is 94.4 Å². The minimum absolute atomic E-state index is 0.00314. The molecule has 1 N–H and O–H groups in total. The lowest BCUT2D eigenvalue weighted by atomic mass is 9.63. The highest BCUT2D eigenvalue weighted by molar-refractivity contribution is 6.07. The summed E-state index contributed by atoms with van der Waals surface area (Å²) < 4.78 is 12.6. The van der Waals surface area contributed by atoms with Crippen LogP contribution in [0.1, 0.15) is 89.3 Å². The maximum absolute atomic E-state index is 14.2. The van der Waals surface area contributed by atoms with Crippen molar-refractivity contribution in [3.8, 4) is 11.5 Å². The van der Waals surface area contributed by atoms with Gasteiger partial charge in [-0.25, -0.2) is 0 Å². The van der Waals surface area contributed by atoms with E-state index < -0.39 is 11.9 Å². The summed E-state index contributed by atoms with van der Waals surface area (Å²) in [5.74, 6) is -0.293. The van der Waals surface area contributed by atoms with Gasteiger partial charge < -0.3 is 19.5 Å². The molecule has 0 unspecified atom stereocenters. The van der Waals surface area contributed by atoms with E-state index >= 15 is 0 Å². The van der Waals surface area contributed by atoms with Crippen molar-refractivity contribution in [1.29, 1.82) is 0 Å². The summed E-state index contributed by atoms with van der Waals surface area (Å²) in [6, 6.07) is 13.9. The number of hydrogen-bond donors (Lipinski definition) is 1. The molecule has 3 aliphatic rings. The van der Waals surface area contributed by atoms with Gasteiger partial charge in [0.2, 0.25) is 0 Å². The Morgan fingerprint density at radius 1 is 0.956 bits per heavy atom. The van der Waals surface area contributed by atoms with Crippen LogP contribution < -0.4 is 9.47 Å². The molecular formula is C38H45NO6. The first-order valence-electron chi connectivity index (χ1n) is 15.9. The number of ketones is 2. The zero-order valence-electron chi connectivity index (χ0n) is 27.2. The minimum Gasteiger partial charge on any atom is -0.490 e. The quantitative estimate of drug-likeness (QED) is 0.262. The van der Waals surface area contributed by atoms with Crippen molar-refractivity contribution >= 4 is 17.5 Å². The average molecular weight is 612 g/mol. The molecule has 0 atom stereocenters. The van der Waals surface area contributed by atoms with Crippen molar-refractivity contribution in [3.63, 3.8) is 0 Å². The molecule has 2 aliphatic carbocycles. The third kappa shape index (κ3) is 6.77. The van der Waals surface area contributed by atoms with Gasteiger partial charge in [-0.15, -0.1) is 6.58 Å². The van der Waals surface area contributed by atoms with Crippen molar-refractivity contribution in [2.24, 2.45) is 10.8 Å². The number of carboxylic acid groups (broad SMARTS) is 1. The summed E-state index contributed by atoms with van der Waals surface area (Å²) in [7, 11) is 0. The Bertz CT molecular complexity index is 1520. The van der Waals surface area contributed by atoms with Crippen molar-refractivity contribution in [2.45, 2.75) is 85.7 Å². The molecule has 1 heterocycles. The molecule has 2 aromatic rings. The van der Waals surface area contributed by atoms with Crippen LogP contribution in [0, 0.1) is 10.8 Å². The Balaban J connectivity index is 1.72.